The molecule has 1 aromatic heterocycles. The summed E-state index contributed by atoms with van der Waals surface area (Å²) in [6.45, 7) is 5.66. The van der Waals surface area contributed by atoms with Crippen LogP contribution >= 0.6 is 11.3 Å². The molecule has 0 saturated heterocycles. The van der Waals surface area contributed by atoms with Gasteiger partial charge in [0.1, 0.15) is 12.3 Å². The Kier molecular flexibility index (Phi) is 4.97. The summed E-state index contributed by atoms with van der Waals surface area (Å²) in [6.07, 6.45) is -0.685. The van der Waals surface area contributed by atoms with Gasteiger partial charge in [0, 0.05) is 22.2 Å². The van der Waals surface area contributed by atoms with Crippen LogP contribution in [0.25, 0.3) is 11.3 Å². The van der Waals surface area contributed by atoms with Crippen molar-refractivity contribution in [3.63, 3.8) is 0 Å². The fraction of sp³-hybridized carbons (Fsp3) is 0.261. The molecule has 0 radical (unpaired) electrons. The molecule has 0 saturated carbocycles. The first-order valence-electron chi connectivity index (χ1n) is 10.1. The molecule has 0 bridgehead atoms. The third kappa shape index (κ3) is 3.64. The summed E-state index contributed by atoms with van der Waals surface area (Å²) in [5.74, 6) is 1.16. The summed E-state index contributed by atoms with van der Waals surface area (Å²) in [5, 5.41) is 3.79. The van der Waals surface area contributed by atoms with E-state index in [0.29, 0.717) is 28.6 Å². The maximum atomic E-state index is 12.9. The summed E-state index contributed by atoms with van der Waals surface area (Å²) >= 11 is 1.62. The number of rotatable bonds is 4. The van der Waals surface area contributed by atoms with Crippen LogP contribution in [0.3, 0.4) is 0 Å². The lowest BCUT2D eigenvalue weighted by Gasteiger charge is -2.33. The second kappa shape index (κ2) is 7.83. The average Bonchev–Trinajstić information content (AvgIpc) is 3.36. The van der Waals surface area contributed by atoms with E-state index in [-0.39, 0.29) is 25.2 Å². The van der Waals surface area contributed by atoms with Crippen molar-refractivity contribution in [1.82, 2.24) is 4.98 Å². The number of amides is 2. The largest absolute Gasteiger partial charge is 0.479 e. The zero-order valence-electron chi connectivity index (χ0n) is 17.8. The molecule has 2 aliphatic heterocycles. The second-order valence-electron chi connectivity index (χ2n) is 7.62. The van der Waals surface area contributed by atoms with Gasteiger partial charge >= 0.3 is 0 Å². The predicted octanol–water partition coefficient (Wildman–Crippen LogP) is 3.91. The van der Waals surface area contributed by atoms with Gasteiger partial charge in [-0.15, -0.1) is 11.3 Å². The molecule has 32 heavy (non-hydrogen) atoms. The number of thiazole rings is 1. The molecule has 3 aromatic rings. The van der Waals surface area contributed by atoms with Crippen LogP contribution in [0.5, 0.6) is 17.2 Å². The maximum Gasteiger partial charge on any atom is 0.268 e. The number of nitrogens with zero attached hydrogens (tertiary/aromatic N) is 2. The maximum absolute atomic E-state index is 12.9. The van der Waals surface area contributed by atoms with Crippen LogP contribution in [0, 0.1) is 13.8 Å². The Bertz CT molecular complexity index is 1240. The molecular weight excluding hydrogens is 430 g/mol. The predicted molar refractivity (Wildman–Crippen MR) is 121 cm³/mol. The molecule has 3 heterocycles. The van der Waals surface area contributed by atoms with Gasteiger partial charge in [0.05, 0.1) is 16.4 Å². The van der Waals surface area contributed by atoms with Gasteiger partial charge in [-0.25, -0.2) is 4.98 Å². The number of fused-ring (bicyclic) bond motifs is 2. The van der Waals surface area contributed by atoms with Crippen LogP contribution in [-0.4, -0.2) is 36.2 Å². The minimum atomic E-state index is -0.685. The number of benzene rings is 2. The molecular formula is C23H21N3O5S. The number of anilines is 2. The van der Waals surface area contributed by atoms with Gasteiger partial charge in [0.2, 0.25) is 12.7 Å². The highest BCUT2D eigenvalue weighted by atomic mass is 32.1. The van der Waals surface area contributed by atoms with Crippen LogP contribution < -0.4 is 24.4 Å². The quantitative estimate of drug-likeness (QED) is 0.647. The van der Waals surface area contributed by atoms with Crippen molar-refractivity contribution in [2.24, 2.45) is 0 Å². The first kappa shape index (κ1) is 20.3. The first-order valence-corrected chi connectivity index (χ1v) is 11.0. The van der Waals surface area contributed by atoms with Crippen LogP contribution in [-0.2, 0) is 9.59 Å². The van der Waals surface area contributed by atoms with E-state index in [4.69, 9.17) is 14.2 Å². The second-order valence-corrected chi connectivity index (χ2v) is 9.03. The third-order valence-electron chi connectivity index (χ3n) is 5.30. The Morgan fingerprint density at radius 3 is 2.72 bits per heavy atom. The number of ether oxygens (including phenoxy) is 3. The van der Waals surface area contributed by atoms with E-state index in [1.165, 1.54) is 4.90 Å². The van der Waals surface area contributed by atoms with Crippen molar-refractivity contribution in [1.29, 1.82) is 0 Å². The SMILES string of the molecule is Cc1nc(-c2ccc3c(c2)N(CC(=O)Nc2ccc4c(c2)OCO4)C(=O)C(C)O3)c(C)s1. The lowest BCUT2D eigenvalue weighted by atomic mass is 10.1. The molecule has 8 nitrogen and oxygen atoms in total. The molecule has 0 spiro atoms. The van der Waals surface area contributed by atoms with E-state index in [0.717, 1.165) is 21.1 Å². The zero-order valence-corrected chi connectivity index (χ0v) is 18.6. The normalized spacial score (nSPS) is 16.5. The minimum absolute atomic E-state index is 0.146. The Morgan fingerprint density at radius 2 is 1.94 bits per heavy atom. The molecule has 0 fully saturated rings. The molecule has 1 unspecified atom stereocenters. The van der Waals surface area contributed by atoms with Crippen molar-refractivity contribution in [2.75, 3.05) is 23.6 Å². The van der Waals surface area contributed by atoms with Gasteiger partial charge in [-0.05, 0) is 51.1 Å². The molecule has 2 amide bonds. The van der Waals surface area contributed by atoms with Crippen molar-refractivity contribution in [2.45, 2.75) is 26.9 Å². The Labute approximate surface area is 188 Å². The average molecular weight is 452 g/mol. The molecule has 2 aliphatic rings. The minimum Gasteiger partial charge on any atom is -0.479 e. The summed E-state index contributed by atoms with van der Waals surface area (Å²) in [6, 6.07) is 10.8. The highest BCUT2D eigenvalue weighted by Gasteiger charge is 2.33. The third-order valence-corrected chi connectivity index (χ3v) is 6.19. The van der Waals surface area contributed by atoms with Gasteiger partial charge in [-0.3, -0.25) is 14.5 Å². The number of carbonyl (C=O) groups excluding carboxylic acids is 2. The molecule has 9 heteroatoms. The van der Waals surface area contributed by atoms with E-state index < -0.39 is 6.10 Å². The van der Waals surface area contributed by atoms with Crippen molar-refractivity contribution in [3.8, 4) is 28.5 Å². The Balaban J connectivity index is 1.42. The van der Waals surface area contributed by atoms with E-state index in [9.17, 15) is 9.59 Å². The van der Waals surface area contributed by atoms with Gasteiger partial charge in [-0.1, -0.05) is 0 Å². The molecule has 164 valence electrons. The monoisotopic (exact) mass is 451 g/mol. The topological polar surface area (TPSA) is 90.0 Å². The fourth-order valence-corrected chi connectivity index (χ4v) is 4.67. The Hall–Kier alpha value is -3.59. The fourth-order valence-electron chi connectivity index (χ4n) is 3.83. The van der Waals surface area contributed by atoms with E-state index in [1.54, 1.807) is 36.5 Å². The van der Waals surface area contributed by atoms with Crippen molar-refractivity contribution in [3.05, 3.63) is 46.3 Å². The molecule has 0 aliphatic carbocycles. The number of aromatic nitrogens is 1. The number of aryl methyl sites for hydroxylation is 2. The van der Waals surface area contributed by atoms with E-state index in [2.05, 4.69) is 10.3 Å². The lowest BCUT2D eigenvalue weighted by Crippen LogP contribution is -2.47. The standard InChI is InChI=1S/C23H21N3O5S/c1-12-23(28)26(10-21(27)25-16-5-7-19-20(9-16)30-11-29-19)17-8-15(4-6-18(17)31-12)22-13(2)32-14(3)24-22/h4-9,12H,10-11H2,1-3H3,(H,25,27). The van der Waals surface area contributed by atoms with Gasteiger partial charge < -0.3 is 19.5 Å². The number of carbonyl (C=O) groups is 2. The smallest absolute Gasteiger partial charge is 0.268 e. The van der Waals surface area contributed by atoms with Crippen LogP contribution in [0.2, 0.25) is 0 Å². The highest BCUT2D eigenvalue weighted by Crippen LogP contribution is 2.39. The first-order chi connectivity index (χ1) is 15.4. The summed E-state index contributed by atoms with van der Waals surface area (Å²) in [4.78, 5) is 32.9. The molecule has 1 N–H and O–H groups in total. The Morgan fingerprint density at radius 1 is 1.16 bits per heavy atom. The highest BCUT2D eigenvalue weighted by molar-refractivity contribution is 7.11. The number of nitrogens with one attached hydrogen (secondary N) is 1. The summed E-state index contributed by atoms with van der Waals surface area (Å²) in [7, 11) is 0. The van der Waals surface area contributed by atoms with Gasteiger partial charge in [0.15, 0.2) is 17.6 Å². The number of hydrogen-bond donors (Lipinski definition) is 1. The number of hydrogen-bond acceptors (Lipinski definition) is 7. The summed E-state index contributed by atoms with van der Waals surface area (Å²) < 4.78 is 16.4. The zero-order chi connectivity index (χ0) is 22.4. The van der Waals surface area contributed by atoms with Crippen molar-refractivity contribution < 1.29 is 23.8 Å². The molecule has 5 rings (SSSR count). The van der Waals surface area contributed by atoms with E-state index >= 15 is 0 Å². The van der Waals surface area contributed by atoms with Crippen LogP contribution in [0.1, 0.15) is 16.8 Å². The van der Waals surface area contributed by atoms with Crippen LogP contribution in [0.4, 0.5) is 11.4 Å². The lowest BCUT2D eigenvalue weighted by molar-refractivity contribution is -0.127. The van der Waals surface area contributed by atoms with E-state index in [1.807, 2.05) is 32.0 Å². The molecule has 1 atom stereocenters. The van der Waals surface area contributed by atoms with Gasteiger partial charge in [0.25, 0.3) is 5.91 Å². The van der Waals surface area contributed by atoms with Crippen molar-refractivity contribution >= 4 is 34.5 Å². The van der Waals surface area contributed by atoms with Crippen LogP contribution in [0.15, 0.2) is 36.4 Å². The summed E-state index contributed by atoms with van der Waals surface area (Å²) in [5.41, 5.74) is 2.86. The van der Waals surface area contributed by atoms with Gasteiger partial charge in [-0.2, -0.15) is 0 Å². The molecule has 2 aromatic carbocycles.